The number of nitrogens with zero attached hydrogens (tertiary/aromatic N) is 2. The first-order valence-electron chi connectivity index (χ1n) is 16.0. The molecule has 0 heterocycles. The molecule has 15 nitrogen and oxygen atoms in total. The highest BCUT2D eigenvalue weighted by Gasteiger charge is 2.22. The lowest BCUT2D eigenvalue weighted by Gasteiger charge is -2.25. The van der Waals surface area contributed by atoms with E-state index in [1.54, 1.807) is 72.1 Å². The fraction of sp³-hybridized carbons (Fsp3) is 0.758. The minimum absolute atomic E-state index is 0.0205. The van der Waals surface area contributed by atoms with Crippen LogP contribution in [0.2, 0.25) is 0 Å². The summed E-state index contributed by atoms with van der Waals surface area (Å²) < 4.78 is 31.5. The van der Waals surface area contributed by atoms with Gasteiger partial charge in [-0.05, 0) is 62.3 Å². The van der Waals surface area contributed by atoms with E-state index < -0.39 is 52.6 Å². The molecule has 276 valence electrons. The van der Waals surface area contributed by atoms with E-state index in [1.807, 2.05) is 0 Å². The van der Waals surface area contributed by atoms with Crippen LogP contribution in [0.3, 0.4) is 0 Å². The second kappa shape index (κ2) is 22.1. The molecule has 0 saturated carbocycles. The van der Waals surface area contributed by atoms with Gasteiger partial charge >= 0.3 is 35.8 Å². The van der Waals surface area contributed by atoms with Crippen LogP contribution in [0.25, 0.3) is 0 Å². The quantitative estimate of drug-likeness (QED) is 0.0754. The van der Waals surface area contributed by atoms with Crippen molar-refractivity contribution in [2.45, 2.75) is 92.0 Å². The monoisotopic (exact) mass is 687 g/mol. The summed E-state index contributed by atoms with van der Waals surface area (Å²) in [4.78, 5) is 76.1. The molecule has 0 bridgehead atoms. The Morgan fingerprint density at radius 1 is 0.562 bits per heavy atom. The summed E-state index contributed by atoms with van der Waals surface area (Å²) in [5, 5.41) is 2.85. The van der Waals surface area contributed by atoms with Gasteiger partial charge in [-0.1, -0.05) is 6.58 Å². The Hall–Kier alpha value is -3.56. The van der Waals surface area contributed by atoms with Crippen LogP contribution in [0.5, 0.6) is 0 Å². The molecule has 1 N–H and O–H groups in total. The zero-order valence-corrected chi connectivity index (χ0v) is 30.3. The smallest absolute Gasteiger partial charge is 0.330 e. The number of hydrogen-bond acceptors (Lipinski definition) is 15. The van der Waals surface area contributed by atoms with E-state index in [2.05, 4.69) is 11.9 Å². The predicted molar refractivity (Wildman–Crippen MR) is 176 cm³/mol. The van der Waals surface area contributed by atoms with Crippen molar-refractivity contribution in [2.24, 2.45) is 0 Å². The van der Waals surface area contributed by atoms with E-state index >= 15 is 0 Å². The largest absolute Gasteiger partial charge is 0.464 e. The molecule has 0 aliphatic carbocycles. The van der Waals surface area contributed by atoms with Gasteiger partial charge in [0, 0.05) is 38.8 Å². The van der Waals surface area contributed by atoms with Crippen LogP contribution in [-0.4, -0.2) is 135 Å². The van der Waals surface area contributed by atoms with Gasteiger partial charge < -0.3 is 33.7 Å². The van der Waals surface area contributed by atoms with E-state index in [9.17, 15) is 28.8 Å². The second-order valence-electron chi connectivity index (χ2n) is 13.8. The highest BCUT2D eigenvalue weighted by atomic mass is 16.6. The fourth-order valence-corrected chi connectivity index (χ4v) is 3.72. The van der Waals surface area contributed by atoms with Gasteiger partial charge in [-0.25, -0.2) is 4.79 Å². The molecule has 0 aliphatic heterocycles. The number of carbonyl (C=O) groups excluding carboxylic acids is 6. The second-order valence-corrected chi connectivity index (χ2v) is 13.8. The number of esters is 6. The number of carbonyl (C=O) groups is 6. The normalized spacial score (nSPS) is 11.9. The highest BCUT2D eigenvalue weighted by Crippen LogP contribution is 2.10. The van der Waals surface area contributed by atoms with E-state index in [4.69, 9.17) is 28.4 Å². The molecule has 0 aliphatic rings. The number of rotatable bonds is 22. The lowest BCUT2D eigenvalue weighted by molar-refractivity contribution is -0.158. The number of ether oxygens (including phenoxy) is 6. The molecule has 48 heavy (non-hydrogen) atoms. The molecule has 0 amide bonds. The van der Waals surface area contributed by atoms with Gasteiger partial charge in [0.2, 0.25) is 0 Å². The van der Waals surface area contributed by atoms with Crippen LogP contribution in [0.15, 0.2) is 12.7 Å². The Bertz CT molecular complexity index is 1060. The van der Waals surface area contributed by atoms with Gasteiger partial charge in [0.25, 0.3) is 0 Å². The molecule has 0 unspecified atom stereocenters. The van der Waals surface area contributed by atoms with Crippen molar-refractivity contribution < 1.29 is 57.2 Å². The number of nitrogens with one attached hydrogen (secondary N) is 1. The topological polar surface area (TPSA) is 176 Å². The lowest BCUT2D eigenvalue weighted by Crippen LogP contribution is -2.39. The maximum Gasteiger partial charge on any atom is 0.330 e. The fourth-order valence-electron chi connectivity index (χ4n) is 3.72. The van der Waals surface area contributed by atoms with Crippen LogP contribution < -0.4 is 5.32 Å². The van der Waals surface area contributed by atoms with Crippen LogP contribution in [-0.2, 0) is 57.2 Å². The first-order valence-corrected chi connectivity index (χ1v) is 16.0. The summed E-state index contributed by atoms with van der Waals surface area (Å²) in [7, 11) is 0. The molecular weight excluding hydrogens is 630 g/mol. The summed E-state index contributed by atoms with van der Waals surface area (Å²) in [6, 6.07) is 0. The van der Waals surface area contributed by atoms with Crippen LogP contribution >= 0.6 is 0 Å². The Labute approximate surface area is 284 Å². The first-order chi connectivity index (χ1) is 22.1. The SMILES string of the molecule is C=CC(=O)OCCN(CCC(=O)OCCN(CCC(=O)OCCNCC(=O)OC(C)(C)C)CC(=O)OC(C)(C)C)CC(=O)OC(C)(C)C. The van der Waals surface area contributed by atoms with E-state index in [-0.39, 0.29) is 85.0 Å². The third kappa shape index (κ3) is 27.5. The van der Waals surface area contributed by atoms with Crippen LogP contribution in [0.4, 0.5) is 0 Å². The van der Waals surface area contributed by atoms with Crippen LogP contribution in [0, 0.1) is 0 Å². The summed E-state index contributed by atoms with van der Waals surface area (Å²) in [5.41, 5.74) is -2.00. The van der Waals surface area contributed by atoms with E-state index in [0.29, 0.717) is 0 Å². The highest BCUT2D eigenvalue weighted by molar-refractivity contribution is 5.81. The van der Waals surface area contributed by atoms with Crippen LogP contribution in [0.1, 0.15) is 75.2 Å². The summed E-state index contributed by atoms with van der Waals surface area (Å²) in [6.07, 6.45) is 0.913. The molecule has 0 fully saturated rings. The Balaban J connectivity index is 4.92. The predicted octanol–water partition coefficient (Wildman–Crippen LogP) is 1.80. The molecule has 0 spiro atoms. The Morgan fingerprint density at radius 3 is 1.38 bits per heavy atom. The van der Waals surface area contributed by atoms with Crippen molar-refractivity contribution in [1.82, 2.24) is 15.1 Å². The van der Waals surface area contributed by atoms with Crippen molar-refractivity contribution in [1.29, 1.82) is 0 Å². The molecule has 0 atom stereocenters. The molecule has 0 saturated heterocycles. The molecule has 0 aromatic rings. The summed E-state index contributed by atoms with van der Waals surface area (Å²) in [5.74, 6) is -3.10. The van der Waals surface area contributed by atoms with Gasteiger partial charge in [0.05, 0.1) is 32.5 Å². The maximum atomic E-state index is 12.5. The van der Waals surface area contributed by atoms with Gasteiger partial charge in [0.15, 0.2) is 0 Å². The molecule has 15 heteroatoms. The van der Waals surface area contributed by atoms with Crippen molar-refractivity contribution >= 4 is 35.8 Å². The van der Waals surface area contributed by atoms with Crippen molar-refractivity contribution in [3.05, 3.63) is 12.7 Å². The van der Waals surface area contributed by atoms with Gasteiger partial charge in [-0.15, -0.1) is 0 Å². The third-order valence-electron chi connectivity index (χ3n) is 5.53. The summed E-state index contributed by atoms with van der Waals surface area (Å²) >= 11 is 0. The zero-order valence-electron chi connectivity index (χ0n) is 30.3. The first kappa shape index (κ1) is 44.4. The van der Waals surface area contributed by atoms with E-state index in [0.717, 1.165) is 6.08 Å². The molecule has 0 radical (unpaired) electrons. The van der Waals surface area contributed by atoms with E-state index in [1.165, 1.54) is 0 Å². The molecular formula is C33H57N3O12. The standard InChI is InChI=1S/C33H57N3O12/c1-11-25(37)44-20-17-35(23-29(41)47-32(5,6)7)16-13-27(39)45-21-18-36(24-30(42)48-33(8,9)10)15-12-26(38)43-19-14-34-22-28(40)46-31(2,3)4/h11,34H,1,12-24H2,2-10H3. The van der Waals surface area contributed by atoms with Crippen molar-refractivity contribution in [3.8, 4) is 0 Å². The lowest BCUT2D eigenvalue weighted by atomic mass is 10.2. The average Bonchev–Trinajstić information content (AvgIpc) is 2.91. The summed E-state index contributed by atoms with van der Waals surface area (Å²) in [6.45, 7) is 19.5. The Morgan fingerprint density at radius 2 is 0.958 bits per heavy atom. The average molecular weight is 688 g/mol. The Kier molecular flexibility index (Phi) is 20.5. The van der Waals surface area contributed by atoms with Gasteiger partial charge in [-0.3, -0.25) is 33.8 Å². The van der Waals surface area contributed by atoms with Crippen molar-refractivity contribution in [3.63, 3.8) is 0 Å². The molecule has 0 aromatic heterocycles. The maximum absolute atomic E-state index is 12.5. The minimum atomic E-state index is -0.713. The van der Waals surface area contributed by atoms with Crippen molar-refractivity contribution in [2.75, 3.05) is 72.2 Å². The molecule has 0 aromatic carbocycles. The van der Waals surface area contributed by atoms with Gasteiger partial charge in [-0.2, -0.15) is 0 Å². The third-order valence-corrected chi connectivity index (χ3v) is 5.53. The molecule has 0 rings (SSSR count). The zero-order chi connectivity index (χ0) is 37.0. The minimum Gasteiger partial charge on any atom is -0.464 e. The number of hydrogen-bond donors (Lipinski definition) is 1. The van der Waals surface area contributed by atoms with Gasteiger partial charge in [0.1, 0.15) is 36.6 Å².